The van der Waals surface area contributed by atoms with Crippen LogP contribution in [-0.2, 0) is 22.4 Å². The van der Waals surface area contributed by atoms with Crippen LogP contribution in [0.5, 0.6) is 0 Å². The van der Waals surface area contributed by atoms with Gasteiger partial charge in [-0.3, -0.25) is 4.79 Å². The maximum Gasteiger partial charge on any atom is 0.306 e. The number of aryl methyl sites for hydroxylation is 2. The predicted octanol–water partition coefficient (Wildman–Crippen LogP) is 1.68. The van der Waals surface area contributed by atoms with Gasteiger partial charge in [0.2, 0.25) is 0 Å². The zero-order chi connectivity index (χ0) is 13.3. The van der Waals surface area contributed by atoms with E-state index in [2.05, 4.69) is 9.97 Å². The highest BCUT2D eigenvalue weighted by Gasteiger charge is 2.27. The van der Waals surface area contributed by atoms with Crippen molar-refractivity contribution in [2.45, 2.75) is 39.2 Å². The monoisotopic (exact) mass is 250 g/mol. The SMILES string of the molecule is COC(C)c1nc(C)c2c(n1)CCC(C(=O)O)C2. The van der Waals surface area contributed by atoms with Gasteiger partial charge < -0.3 is 9.84 Å². The molecule has 0 bridgehead atoms. The molecule has 1 heterocycles. The van der Waals surface area contributed by atoms with Crippen LogP contribution < -0.4 is 0 Å². The summed E-state index contributed by atoms with van der Waals surface area (Å²) >= 11 is 0. The second-order valence-electron chi connectivity index (χ2n) is 4.75. The number of rotatable bonds is 3. The summed E-state index contributed by atoms with van der Waals surface area (Å²) in [5.41, 5.74) is 2.87. The molecule has 0 saturated carbocycles. The number of aromatic nitrogens is 2. The molecule has 0 spiro atoms. The van der Waals surface area contributed by atoms with E-state index >= 15 is 0 Å². The quantitative estimate of drug-likeness (QED) is 0.883. The number of nitrogens with zero attached hydrogens (tertiary/aromatic N) is 2. The summed E-state index contributed by atoms with van der Waals surface area (Å²) in [4.78, 5) is 20.0. The first-order valence-electron chi connectivity index (χ1n) is 6.14. The van der Waals surface area contributed by atoms with Gasteiger partial charge in [-0.15, -0.1) is 0 Å². The smallest absolute Gasteiger partial charge is 0.306 e. The van der Waals surface area contributed by atoms with Crippen LogP contribution in [-0.4, -0.2) is 28.2 Å². The molecule has 1 N–H and O–H groups in total. The van der Waals surface area contributed by atoms with Gasteiger partial charge in [0.05, 0.1) is 5.92 Å². The van der Waals surface area contributed by atoms with Crippen molar-refractivity contribution in [3.8, 4) is 0 Å². The van der Waals surface area contributed by atoms with Crippen molar-refractivity contribution in [3.63, 3.8) is 0 Å². The lowest BCUT2D eigenvalue weighted by molar-refractivity contribution is -0.142. The molecule has 5 heteroatoms. The highest BCUT2D eigenvalue weighted by atomic mass is 16.5. The van der Waals surface area contributed by atoms with Gasteiger partial charge in [0.15, 0.2) is 5.82 Å². The first-order valence-corrected chi connectivity index (χ1v) is 6.14. The molecule has 1 aliphatic rings. The second kappa shape index (κ2) is 5.02. The third-order valence-electron chi connectivity index (χ3n) is 3.56. The van der Waals surface area contributed by atoms with E-state index in [1.165, 1.54) is 0 Å². The Labute approximate surface area is 106 Å². The molecule has 2 rings (SSSR count). The van der Waals surface area contributed by atoms with Crippen LogP contribution in [0.1, 0.15) is 42.2 Å². The summed E-state index contributed by atoms with van der Waals surface area (Å²) in [6.07, 6.45) is 1.77. The van der Waals surface area contributed by atoms with Crippen LogP contribution in [0.15, 0.2) is 0 Å². The number of hydrogen-bond acceptors (Lipinski definition) is 4. The predicted molar refractivity (Wildman–Crippen MR) is 65.3 cm³/mol. The molecule has 98 valence electrons. The molecule has 5 nitrogen and oxygen atoms in total. The van der Waals surface area contributed by atoms with E-state index in [0.29, 0.717) is 25.1 Å². The molecule has 0 amide bonds. The summed E-state index contributed by atoms with van der Waals surface area (Å²) in [5, 5.41) is 9.07. The molecule has 1 aliphatic carbocycles. The van der Waals surface area contributed by atoms with Gasteiger partial charge in [-0.1, -0.05) is 0 Å². The van der Waals surface area contributed by atoms with E-state index in [1.54, 1.807) is 7.11 Å². The minimum Gasteiger partial charge on any atom is -0.481 e. The summed E-state index contributed by atoms with van der Waals surface area (Å²) in [7, 11) is 1.63. The second-order valence-corrected chi connectivity index (χ2v) is 4.75. The Kier molecular flexibility index (Phi) is 3.61. The fourth-order valence-corrected chi connectivity index (χ4v) is 2.31. The zero-order valence-corrected chi connectivity index (χ0v) is 10.9. The molecule has 18 heavy (non-hydrogen) atoms. The lowest BCUT2D eigenvalue weighted by Crippen LogP contribution is -2.25. The molecular formula is C13H18N2O3. The number of carboxylic acid groups (broad SMARTS) is 1. The Morgan fingerprint density at radius 2 is 2.22 bits per heavy atom. The van der Waals surface area contributed by atoms with E-state index < -0.39 is 5.97 Å². The van der Waals surface area contributed by atoms with Crippen molar-refractivity contribution >= 4 is 5.97 Å². The number of ether oxygens (including phenoxy) is 1. The van der Waals surface area contributed by atoms with E-state index in [0.717, 1.165) is 17.0 Å². The minimum atomic E-state index is -0.727. The Bertz CT molecular complexity index is 474. The van der Waals surface area contributed by atoms with E-state index in [4.69, 9.17) is 9.84 Å². The van der Waals surface area contributed by atoms with Crippen molar-refractivity contribution in [1.82, 2.24) is 9.97 Å². The third kappa shape index (κ3) is 2.36. The van der Waals surface area contributed by atoms with E-state index in [9.17, 15) is 4.79 Å². The summed E-state index contributed by atoms with van der Waals surface area (Å²) < 4.78 is 5.22. The molecule has 0 fully saturated rings. The molecule has 1 aromatic rings. The number of fused-ring (bicyclic) bond motifs is 1. The average molecular weight is 250 g/mol. The van der Waals surface area contributed by atoms with Crippen molar-refractivity contribution in [2.75, 3.05) is 7.11 Å². The molecule has 2 atom stereocenters. The molecule has 0 radical (unpaired) electrons. The maximum atomic E-state index is 11.0. The number of methoxy groups -OCH3 is 1. The van der Waals surface area contributed by atoms with Crippen molar-refractivity contribution < 1.29 is 14.6 Å². The van der Waals surface area contributed by atoms with Crippen LogP contribution in [0.4, 0.5) is 0 Å². The van der Waals surface area contributed by atoms with Gasteiger partial charge in [-0.2, -0.15) is 0 Å². The Morgan fingerprint density at radius 3 is 2.83 bits per heavy atom. The Morgan fingerprint density at radius 1 is 1.50 bits per heavy atom. The third-order valence-corrected chi connectivity index (χ3v) is 3.56. The first kappa shape index (κ1) is 13.0. The molecule has 2 unspecified atom stereocenters. The molecule has 1 aromatic heterocycles. The van der Waals surface area contributed by atoms with Crippen molar-refractivity contribution in [1.29, 1.82) is 0 Å². The molecular weight excluding hydrogens is 232 g/mol. The highest BCUT2D eigenvalue weighted by Crippen LogP contribution is 2.27. The van der Waals surface area contributed by atoms with Crippen LogP contribution in [0.3, 0.4) is 0 Å². The minimum absolute atomic E-state index is 0.133. The molecule has 0 aromatic carbocycles. The van der Waals surface area contributed by atoms with Gasteiger partial charge in [0.25, 0.3) is 0 Å². The first-order chi connectivity index (χ1) is 8.52. The molecule has 0 saturated heterocycles. The van der Waals surface area contributed by atoms with Gasteiger partial charge >= 0.3 is 5.97 Å². The van der Waals surface area contributed by atoms with Gasteiger partial charge in [-0.25, -0.2) is 9.97 Å². The summed E-state index contributed by atoms with van der Waals surface area (Å²) in [6.45, 7) is 3.82. The summed E-state index contributed by atoms with van der Waals surface area (Å²) in [6, 6.07) is 0. The number of hydrogen-bond donors (Lipinski definition) is 1. The summed E-state index contributed by atoms with van der Waals surface area (Å²) in [5.74, 6) is -0.345. The fraction of sp³-hybridized carbons (Fsp3) is 0.615. The largest absolute Gasteiger partial charge is 0.481 e. The van der Waals surface area contributed by atoms with Gasteiger partial charge in [0.1, 0.15) is 6.10 Å². The van der Waals surface area contributed by atoms with Crippen LogP contribution in [0.25, 0.3) is 0 Å². The average Bonchev–Trinajstić information content (AvgIpc) is 2.37. The lowest BCUT2D eigenvalue weighted by atomic mass is 9.86. The van der Waals surface area contributed by atoms with Crippen molar-refractivity contribution in [2.24, 2.45) is 5.92 Å². The van der Waals surface area contributed by atoms with Crippen molar-refractivity contribution in [3.05, 3.63) is 22.8 Å². The van der Waals surface area contributed by atoms with Gasteiger partial charge in [0, 0.05) is 18.5 Å². The van der Waals surface area contributed by atoms with Gasteiger partial charge in [-0.05, 0) is 38.7 Å². The molecule has 0 aliphatic heterocycles. The standard InChI is InChI=1S/C13H18N2O3/c1-7-10-6-9(13(16)17)4-5-11(10)15-12(14-7)8(2)18-3/h8-9H,4-6H2,1-3H3,(H,16,17). The van der Waals surface area contributed by atoms with Crippen LogP contribution in [0.2, 0.25) is 0 Å². The topological polar surface area (TPSA) is 72.3 Å². The normalized spacial score (nSPS) is 20.3. The fourth-order valence-electron chi connectivity index (χ4n) is 2.31. The Hall–Kier alpha value is -1.49. The Balaban J connectivity index is 2.34. The van der Waals surface area contributed by atoms with Crippen LogP contribution in [0, 0.1) is 12.8 Å². The lowest BCUT2D eigenvalue weighted by Gasteiger charge is -2.23. The number of carbonyl (C=O) groups is 1. The highest BCUT2D eigenvalue weighted by molar-refractivity contribution is 5.71. The van der Waals surface area contributed by atoms with E-state index in [1.807, 2.05) is 13.8 Å². The number of aliphatic carboxylic acids is 1. The number of carboxylic acids is 1. The van der Waals surface area contributed by atoms with Crippen LogP contribution >= 0.6 is 0 Å². The van der Waals surface area contributed by atoms with E-state index in [-0.39, 0.29) is 12.0 Å². The maximum absolute atomic E-state index is 11.0. The zero-order valence-electron chi connectivity index (χ0n) is 10.9.